The van der Waals surface area contributed by atoms with E-state index in [1.54, 1.807) is 6.33 Å². The molecular formula is C12H23N5. The van der Waals surface area contributed by atoms with Crippen molar-refractivity contribution in [1.29, 1.82) is 0 Å². The smallest absolute Gasteiger partial charge is 0.146 e. The molecule has 0 aromatic carbocycles. The molecule has 0 amide bonds. The zero-order valence-electron chi connectivity index (χ0n) is 10.9. The van der Waals surface area contributed by atoms with Crippen LogP contribution in [-0.4, -0.2) is 45.8 Å². The van der Waals surface area contributed by atoms with E-state index in [1.807, 2.05) is 11.6 Å². The second kappa shape index (κ2) is 6.12. The molecule has 0 saturated carbocycles. The van der Waals surface area contributed by atoms with E-state index < -0.39 is 0 Å². The molecule has 0 aliphatic carbocycles. The van der Waals surface area contributed by atoms with Crippen molar-refractivity contribution in [2.75, 3.05) is 26.2 Å². The Morgan fingerprint density at radius 3 is 2.76 bits per heavy atom. The second-order valence-corrected chi connectivity index (χ2v) is 4.89. The monoisotopic (exact) mass is 237 g/mol. The molecule has 1 aromatic heterocycles. The van der Waals surface area contributed by atoms with Crippen LogP contribution in [-0.2, 0) is 13.6 Å². The van der Waals surface area contributed by atoms with E-state index in [0.29, 0.717) is 0 Å². The highest BCUT2D eigenvalue weighted by Crippen LogP contribution is 2.17. The molecule has 1 aromatic rings. The Bertz CT molecular complexity index is 327. The van der Waals surface area contributed by atoms with E-state index in [0.717, 1.165) is 24.8 Å². The van der Waals surface area contributed by atoms with E-state index in [9.17, 15) is 0 Å². The van der Waals surface area contributed by atoms with Crippen LogP contribution in [0.4, 0.5) is 0 Å². The maximum atomic E-state index is 4.14. The van der Waals surface area contributed by atoms with Crippen LogP contribution in [0.2, 0.25) is 0 Å². The quantitative estimate of drug-likeness (QED) is 0.816. The predicted molar refractivity (Wildman–Crippen MR) is 67.5 cm³/mol. The van der Waals surface area contributed by atoms with Crippen LogP contribution in [0.1, 0.15) is 25.6 Å². The minimum atomic E-state index is 0.852. The van der Waals surface area contributed by atoms with Crippen molar-refractivity contribution in [2.24, 2.45) is 13.0 Å². The number of hydrogen-bond acceptors (Lipinski definition) is 4. The Morgan fingerprint density at radius 2 is 2.18 bits per heavy atom. The third kappa shape index (κ3) is 3.51. The number of nitrogens with one attached hydrogen (secondary N) is 1. The second-order valence-electron chi connectivity index (χ2n) is 4.89. The maximum absolute atomic E-state index is 4.14. The zero-order valence-corrected chi connectivity index (χ0v) is 10.9. The number of nitrogens with zero attached hydrogens (tertiary/aromatic N) is 4. The molecule has 5 nitrogen and oxygen atoms in total. The summed E-state index contributed by atoms with van der Waals surface area (Å²) in [5.41, 5.74) is 0. The number of aromatic nitrogens is 3. The fraction of sp³-hybridized carbons (Fsp3) is 0.833. The van der Waals surface area contributed by atoms with Crippen molar-refractivity contribution in [1.82, 2.24) is 25.0 Å². The summed E-state index contributed by atoms with van der Waals surface area (Å²) in [7, 11) is 2.01. The fourth-order valence-electron chi connectivity index (χ4n) is 2.35. The molecule has 1 N–H and O–H groups in total. The highest BCUT2D eigenvalue weighted by molar-refractivity contribution is 4.86. The van der Waals surface area contributed by atoms with Gasteiger partial charge >= 0.3 is 0 Å². The van der Waals surface area contributed by atoms with Gasteiger partial charge < -0.3 is 9.88 Å². The fourth-order valence-corrected chi connectivity index (χ4v) is 2.35. The summed E-state index contributed by atoms with van der Waals surface area (Å²) in [5, 5.41) is 11.5. The first-order valence-electron chi connectivity index (χ1n) is 6.55. The van der Waals surface area contributed by atoms with Gasteiger partial charge in [0.1, 0.15) is 12.2 Å². The summed E-state index contributed by atoms with van der Waals surface area (Å²) in [6, 6.07) is 0. The van der Waals surface area contributed by atoms with Gasteiger partial charge in [-0.2, -0.15) is 0 Å². The van der Waals surface area contributed by atoms with Gasteiger partial charge in [0.25, 0.3) is 0 Å². The molecular weight excluding hydrogens is 214 g/mol. The number of piperidine rings is 1. The lowest BCUT2D eigenvalue weighted by Crippen LogP contribution is -2.37. The summed E-state index contributed by atoms with van der Waals surface area (Å²) in [6.45, 7) is 7.73. The highest BCUT2D eigenvalue weighted by atomic mass is 15.3. The van der Waals surface area contributed by atoms with Gasteiger partial charge in [0.05, 0.1) is 6.54 Å². The average molecular weight is 237 g/mol. The summed E-state index contributed by atoms with van der Waals surface area (Å²) >= 11 is 0. The normalized spacial score (nSPS) is 18.7. The molecule has 5 heteroatoms. The van der Waals surface area contributed by atoms with E-state index in [-0.39, 0.29) is 0 Å². The van der Waals surface area contributed by atoms with Crippen molar-refractivity contribution < 1.29 is 0 Å². The Balaban J connectivity index is 1.74. The zero-order chi connectivity index (χ0) is 12.1. The molecule has 0 spiro atoms. The lowest BCUT2D eigenvalue weighted by molar-refractivity contribution is 0.171. The lowest BCUT2D eigenvalue weighted by atomic mass is 9.97. The molecule has 0 radical (unpaired) electrons. The molecule has 1 aliphatic heterocycles. The average Bonchev–Trinajstić information content (AvgIpc) is 2.74. The molecule has 96 valence electrons. The molecule has 1 aliphatic rings. The number of likely N-dealkylation sites (tertiary alicyclic amines) is 1. The molecule has 0 atom stereocenters. The van der Waals surface area contributed by atoms with Gasteiger partial charge in [0.2, 0.25) is 0 Å². The van der Waals surface area contributed by atoms with Crippen LogP contribution in [0.15, 0.2) is 6.33 Å². The summed E-state index contributed by atoms with van der Waals surface area (Å²) in [5.74, 6) is 1.92. The Hall–Kier alpha value is -0.940. The first kappa shape index (κ1) is 12.5. The molecule has 2 rings (SSSR count). The van der Waals surface area contributed by atoms with Gasteiger partial charge in [-0.05, 0) is 44.9 Å². The molecule has 1 saturated heterocycles. The molecule has 1 fully saturated rings. The molecule has 0 unspecified atom stereocenters. The van der Waals surface area contributed by atoms with Crippen LogP contribution >= 0.6 is 0 Å². The van der Waals surface area contributed by atoms with E-state index >= 15 is 0 Å². The highest BCUT2D eigenvalue weighted by Gasteiger charge is 2.19. The maximum Gasteiger partial charge on any atom is 0.146 e. The first-order chi connectivity index (χ1) is 8.29. The molecule has 17 heavy (non-hydrogen) atoms. The van der Waals surface area contributed by atoms with Gasteiger partial charge in [-0.1, -0.05) is 6.92 Å². The Labute approximate surface area is 103 Å². The van der Waals surface area contributed by atoms with Crippen LogP contribution in [0.3, 0.4) is 0 Å². The van der Waals surface area contributed by atoms with Crippen molar-refractivity contribution in [3.05, 3.63) is 12.2 Å². The van der Waals surface area contributed by atoms with Crippen LogP contribution in [0.5, 0.6) is 0 Å². The molecule has 2 heterocycles. The third-order valence-corrected chi connectivity index (χ3v) is 3.56. The van der Waals surface area contributed by atoms with Gasteiger partial charge in [0, 0.05) is 7.05 Å². The van der Waals surface area contributed by atoms with Crippen molar-refractivity contribution in [3.8, 4) is 0 Å². The number of aryl methyl sites for hydroxylation is 1. The van der Waals surface area contributed by atoms with Crippen molar-refractivity contribution in [3.63, 3.8) is 0 Å². The predicted octanol–water partition coefficient (Wildman–Crippen LogP) is 0.637. The summed E-state index contributed by atoms with van der Waals surface area (Å²) in [4.78, 5) is 2.48. The van der Waals surface area contributed by atoms with E-state index in [4.69, 9.17) is 0 Å². The SMILES string of the molecule is CCNCC1CCN(Cc2nncn2C)CC1. The topological polar surface area (TPSA) is 46.0 Å². The van der Waals surface area contributed by atoms with Gasteiger partial charge in [-0.15, -0.1) is 10.2 Å². The van der Waals surface area contributed by atoms with Crippen LogP contribution in [0.25, 0.3) is 0 Å². The largest absolute Gasteiger partial charge is 0.320 e. The van der Waals surface area contributed by atoms with Crippen LogP contribution < -0.4 is 5.32 Å². The minimum absolute atomic E-state index is 0.852. The number of hydrogen-bond donors (Lipinski definition) is 1. The summed E-state index contributed by atoms with van der Waals surface area (Å²) in [6.07, 6.45) is 4.36. The standard InChI is InChI=1S/C12H23N5/c1-3-13-8-11-4-6-17(7-5-11)9-12-15-14-10-16(12)2/h10-11,13H,3-9H2,1-2H3. The third-order valence-electron chi connectivity index (χ3n) is 3.56. The van der Waals surface area contributed by atoms with E-state index in [2.05, 4.69) is 27.3 Å². The Morgan fingerprint density at radius 1 is 1.41 bits per heavy atom. The minimum Gasteiger partial charge on any atom is -0.320 e. The van der Waals surface area contributed by atoms with Gasteiger partial charge in [-0.3, -0.25) is 4.90 Å². The van der Waals surface area contributed by atoms with Gasteiger partial charge in [0.15, 0.2) is 0 Å². The number of rotatable bonds is 5. The van der Waals surface area contributed by atoms with Crippen molar-refractivity contribution >= 4 is 0 Å². The lowest BCUT2D eigenvalue weighted by Gasteiger charge is -2.31. The molecule has 0 bridgehead atoms. The summed E-state index contributed by atoms with van der Waals surface area (Å²) < 4.78 is 2.00. The van der Waals surface area contributed by atoms with E-state index in [1.165, 1.54) is 32.5 Å². The van der Waals surface area contributed by atoms with Gasteiger partial charge in [-0.25, -0.2) is 0 Å². The van der Waals surface area contributed by atoms with Crippen LogP contribution in [0, 0.1) is 5.92 Å². The first-order valence-corrected chi connectivity index (χ1v) is 6.55. The van der Waals surface area contributed by atoms with Crippen molar-refractivity contribution in [2.45, 2.75) is 26.3 Å². The Kier molecular flexibility index (Phi) is 4.50.